The predicted molar refractivity (Wildman–Crippen MR) is 138 cm³/mol. The number of hydrogen-bond donors (Lipinski definition) is 11. The molecule has 0 aliphatic carbocycles. The number of aromatic hydroxyl groups is 1. The van der Waals surface area contributed by atoms with Crippen LogP contribution < -0.4 is 22.9 Å². The van der Waals surface area contributed by atoms with Gasteiger partial charge in [0.1, 0.15) is 29.9 Å². The lowest BCUT2D eigenvalue weighted by Crippen LogP contribution is -2.34. The molecule has 15 N–H and O–H groups in total. The number of aromatic nitrogens is 2. The summed E-state index contributed by atoms with van der Waals surface area (Å²) in [6.45, 7) is 3.05. The number of carboxylic acids is 4. The molecule has 0 saturated carbocycles. The highest BCUT2D eigenvalue weighted by Gasteiger charge is 2.14. The van der Waals surface area contributed by atoms with Crippen molar-refractivity contribution in [3.8, 4) is 5.75 Å². The van der Waals surface area contributed by atoms with Crippen LogP contribution in [0.15, 0.2) is 36.8 Å². The lowest BCUT2D eigenvalue weighted by molar-refractivity contribution is -0.140. The van der Waals surface area contributed by atoms with Gasteiger partial charge >= 0.3 is 23.9 Å². The summed E-state index contributed by atoms with van der Waals surface area (Å²) < 4.78 is 0. The van der Waals surface area contributed by atoms with E-state index in [0.717, 1.165) is 11.3 Å². The normalized spacial score (nSPS) is 13.0. The van der Waals surface area contributed by atoms with Crippen LogP contribution in [0.25, 0.3) is 0 Å². The van der Waals surface area contributed by atoms with Crippen molar-refractivity contribution in [2.24, 2.45) is 28.9 Å². The second kappa shape index (κ2) is 19.9. The second-order valence-electron chi connectivity index (χ2n) is 8.28. The summed E-state index contributed by atoms with van der Waals surface area (Å²) in [5.74, 6) is -3.95. The van der Waals surface area contributed by atoms with Gasteiger partial charge in [-0.05, 0) is 30.0 Å². The van der Waals surface area contributed by atoms with Gasteiger partial charge in [-0.15, -0.1) is 0 Å². The number of nitrogens with one attached hydrogen (secondary N) is 1. The van der Waals surface area contributed by atoms with E-state index in [1.165, 1.54) is 18.5 Å². The van der Waals surface area contributed by atoms with Crippen molar-refractivity contribution in [3.63, 3.8) is 0 Å². The smallest absolute Gasteiger partial charge is 0.322 e. The van der Waals surface area contributed by atoms with Gasteiger partial charge in [0.25, 0.3) is 0 Å². The van der Waals surface area contributed by atoms with Crippen LogP contribution >= 0.6 is 0 Å². The molecule has 0 amide bonds. The second-order valence-corrected chi connectivity index (χ2v) is 8.28. The fourth-order valence-corrected chi connectivity index (χ4v) is 2.06. The number of carboxylic acid groups (broad SMARTS) is 4. The highest BCUT2D eigenvalue weighted by Crippen LogP contribution is 2.10. The number of phenolic OH excluding ortho intramolecular Hbond substituents is 1. The van der Waals surface area contributed by atoms with Crippen LogP contribution in [0.3, 0.4) is 0 Å². The number of rotatable bonds is 10. The number of H-pyrrole nitrogens is 1. The summed E-state index contributed by atoms with van der Waals surface area (Å²) in [6.07, 6.45) is 3.61. The molecule has 1 aromatic carbocycles. The van der Waals surface area contributed by atoms with Crippen molar-refractivity contribution in [2.75, 3.05) is 6.61 Å². The van der Waals surface area contributed by atoms with Crippen LogP contribution in [0.2, 0.25) is 0 Å². The molecule has 0 bridgehead atoms. The number of nitrogens with zero attached hydrogens (tertiary/aromatic N) is 1. The Morgan fingerprint density at radius 3 is 1.54 bits per heavy atom. The number of imidazole rings is 1. The van der Waals surface area contributed by atoms with Crippen LogP contribution in [-0.4, -0.2) is 95.3 Å². The molecule has 0 radical (unpaired) electrons. The van der Waals surface area contributed by atoms with Gasteiger partial charge in [-0.1, -0.05) is 26.0 Å². The van der Waals surface area contributed by atoms with Gasteiger partial charge in [-0.25, -0.2) is 4.98 Å². The van der Waals surface area contributed by atoms with E-state index in [1.54, 1.807) is 32.2 Å². The number of nitrogens with two attached hydrogens (primary N) is 4. The van der Waals surface area contributed by atoms with Crippen LogP contribution in [0, 0.1) is 5.92 Å². The third kappa shape index (κ3) is 18.8. The fourth-order valence-electron chi connectivity index (χ4n) is 2.06. The molecular formula is C23H38N6O10. The number of benzene rings is 1. The molecule has 1 aromatic heterocycles. The van der Waals surface area contributed by atoms with E-state index < -0.39 is 54.7 Å². The molecular weight excluding hydrogens is 520 g/mol. The topological polar surface area (TPSA) is 322 Å². The zero-order valence-electron chi connectivity index (χ0n) is 21.5. The van der Waals surface area contributed by atoms with E-state index in [4.69, 9.17) is 53.6 Å². The number of aliphatic hydroxyl groups is 1. The monoisotopic (exact) mass is 558 g/mol. The largest absolute Gasteiger partial charge is 0.508 e. The van der Waals surface area contributed by atoms with E-state index >= 15 is 0 Å². The van der Waals surface area contributed by atoms with Gasteiger partial charge in [0.05, 0.1) is 12.9 Å². The maximum Gasteiger partial charge on any atom is 0.322 e. The first-order valence-electron chi connectivity index (χ1n) is 11.3. The Labute approximate surface area is 224 Å². The van der Waals surface area contributed by atoms with E-state index in [1.807, 2.05) is 0 Å². The Bertz CT molecular complexity index is 986. The van der Waals surface area contributed by atoms with Crippen molar-refractivity contribution in [1.29, 1.82) is 0 Å². The highest BCUT2D eigenvalue weighted by atomic mass is 16.4. The first-order valence-corrected chi connectivity index (χ1v) is 11.3. The summed E-state index contributed by atoms with van der Waals surface area (Å²) in [5, 5.41) is 50.0. The molecule has 16 heteroatoms. The number of aliphatic hydroxyl groups excluding tert-OH is 1. The Hall–Kier alpha value is -4.09. The van der Waals surface area contributed by atoms with Crippen molar-refractivity contribution >= 4 is 23.9 Å². The fraction of sp³-hybridized carbons (Fsp3) is 0.435. The third-order valence-corrected chi connectivity index (χ3v) is 4.54. The minimum absolute atomic E-state index is 0.0208. The van der Waals surface area contributed by atoms with Crippen molar-refractivity contribution in [1.82, 2.24) is 9.97 Å². The van der Waals surface area contributed by atoms with Crippen molar-refractivity contribution < 1.29 is 49.8 Å². The first kappa shape index (κ1) is 37.1. The third-order valence-electron chi connectivity index (χ3n) is 4.54. The lowest BCUT2D eigenvalue weighted by Gasteiger charge is -2.07. The molecule has 16 nitrogen and oxygen atoms in total. The quantitative estimate of drug-likeness (QED) is 0.152. The molecule has 4 atom stereocenters. The van der Waals surface area contributed by atoms with Crippen LogP contribution in [0.1, 0.15) is 25.1 Å². The number of aromatic amines is 1. The summed E-state index contributed by atoms with van der Waals surface area (Å²) in [6, 6.07) is 2.74. The van der Waals surface area contributed by atoms with Crippen LogP contribution in [-0.2, 0) is 32.0 Å². The molecule has 0 spiro atoms. The van der Waals surface area contributed by atoms with E-state index in [9.17, 15) is 19.2 Å². The molecule has 0 fully saturated rings. The van der Waals surface area contributed by atoms with Crippen LogP contribution in [0.4, 0.5) is 0 Å². The van der Waals surface area contributed by atoms with Crippen LogP contribution in [0.5, 0.6) is 5.75 Å². The van der Waals surface area contributed by atoms with Gasteiger partial charge in [0.15, 0.2) is 0 Å². The van der Waals surface area contributed by atoms with E-state index in [2.05, 4.69) is 9.97 Å². The van der Waals surface area contributed by atoms with Gasteiger partial charge < -0.3 is 58.6 Å². The summed E-state index contributed by atoms with van der Waals surface area (Å²) in [7, 11) is 0. The van der Waals surface area contributed by atoms with E-state index in [-0.39, 0.29) is 24.5 Å². The standard InChI is InChI=1S/C9H11NO3.C6H9N3O2.C5H11NO2.C3H7NO3/c10-8(9(12)13)5-6-1-3-7(11)4-2-6;7-5(6(10)11)1-4-2-8-3-9-4;1-3(2)4(6)5(7)8;4-2(1-5)3(6)7/h1-4,8,11H,5,10H2,(H,12,13);2-3,5H,1,7H2,(H,8,9)(H,10,11);3-4H,6H2,1-2H3,(H,7,8);2,5H,1,4H2,(H,6,7). The molecule has 220 valence electrons. The lowest BCUT2D eigenvalue weighted by atomic mass is 10.1. The Balaban J connectivity index is 0. The Kier molecular flexibility index (Phi) is 19.0. The summed E-state index contributed by atoms with van der Waals surface area (Å²) in [4.78, 5) is 46.8. The molecule has 4 unspecified atom stereocenters. The van der Waals surface area contributed by atoms with Crippen molar-refractivity contribution in [2.45, 2.75) is 50.9 Å². The van der Waals surface area contributed by atoms with Gasteiger partial charge in [0, 0.05) is 18.3 Å². The zero-order chi connectivity index (χ0) is 30.7. The Morgan fingerprint density at radius 1 is 0.795 bits per heavy atom. The minimum Gasteiger partial charge on any atom is -0.508 e. The molecule has 0 saturated heterocycles. The number of hydrogen-bond acceptors (Lipinski definition) is 11. The number of phenols is 1. The molecule has 0 aliphatic heterocycles. The summed E-state index contributed by atoms with van der Waals surface area (Å²) >= 11 is 0. The van der Waals surface area contributed by atoms with Crippen molar-refractivity contribution in [3.05, 3.63) is 48.0 Å². The number of aliphatic carboxylic acids is 4. The molecule has 0 aliphatic rings. The molecule has 1 heterocycles. The first-order chi connectivity index (χ1) is 18.0. The molecule has 2 rings (SSSR count). The maximum absolute atomic E-state index is 10.4. The molecule has 39 heavy (non-hydrogen) atoms. The Morgan fingerprint density at radius 2 is 1.26 bits per heavy atom. The molecule has 2 aromatic rings. The highest BCUT2D eigenvalue weighted by molar-refractivity contribution is 5.74. The average Bonchev–Trinajstić information content (AvgIpc) is 3.38. The predicted octanol–water partition coefficient (Wildman–Crippen LogP) is -1.84. The summed E-state index contributed by atoms with van der Waals surface area (Å²) in [5.41, 5.74) is 22.0. The van der Waals surface area contributed by atoms with E-state index in [0.29, 0.717) is 0 Å². The van der Waals surface area contributed by atoms with Gasteiger partial charge in [0.2, 0.25) is 0 Å². The minimum atomic E-state index is -1.18. The van der Waals surface area contributed by atoms with Gasteiger partial charge in [-0.2, -0.15) is 0 Å². The maximum atomic E-state index is 10.4. The average molecular weight is 559 g/mol. The number of carbonyl (C=O) groups is 4. The van der Waals surface area contributed by atoms with Gasteiger partial charge in [-0.3, -0.25) is 19.2 Å². The zero-order valence-corrected chi connectivity index (χ0v) is 21.5. The SMILES string of the molecule is CC(C)C(N)C(=O)O.NC(CO)C(=O)O.NC(Cc1ccc(O)cc1)C(=O)O.NC(Cc1cnc[nH]1)C(=O)O.